The molecule has 1 N–H and O–H groups in total. The van der Waals surface area contributed by atoms with Gasteiger partial charge in [0, 0.05) is 19.8 Å². The van der Waals surface area contributed by atoms with Crippen LogP contribution in [0.1, 0.15) is 43.5 Å². The Morgan fingerprint density at radius 1 is 1.33 bits per heavy atom. The van der Waals surface area contributed by atoms with Crippen molar-refractivity contribution < 1.29 is 9.53 Å². The Morgan fingerprint density at radius 2 is 2.05 bits per heavy atom. The molecule has 1 saturated carbocycles. The van der Waals surface area contributed by atoms with E-state index in [1.165, 1.54) is 11.1 Å². The van der Waals surface area contributed by atoms with Crippen LogP contribution in [0, 0.1) is 6.92 Å². The minimum absolute atomic E-state index is 0.0160. The lowest BCUT2D eigenvalue weighted by molar-refractivity contribution is -0.131. The van der Waals surface area contributed by atoms with Crippen molar-refractivity contribution in [3.8, 4) is 0 Å². The second-order valence-corrected chi connectivity index (χ2v) is 6.09. The molecule has 4 nitrogen and oxygen atoms in total. The summed E-state index contributed by atoms with van der Waals surface area (Å²) in [5, 5.41) is 3.55. The number of carbonyl (C=O) groups is 1. The molecule has 4 heteroatoms. The summed E-state index contributed by atoms with van der Waals surface area (Å²) in [6.07, 6.45) is 2.84. The van der Waals surface area contributed by atoms with Gasteiger partial charge < -0.3 is 9.64 Å². The van der Waals surface area contributed by atoms with Gasteiger partial charge in [0.25, 0.3) is 0 Å². The molecule has 1 unspecified atom stereocenters. The normalized spacial score (nSPS) is 23.0. The first kappa shape index (κ1) is 14.5. The number of benzene rings is 1. The summed E-state index contributed by atoms with van der Waals surface area (Å²) in [6.45, 7) is 6.29. The largest absolute Gasteiger partial charge is 0.382 e. The molecule has 1 aliphatic heterocycles. The van der Waals surface area contributed by atoms with Gasteiger partial charge in [0.05, 0.1) is 0 Å². The number of hydrogen-bond acceptors (Lipinski definition) is 3. The molecule has 1 spiro atoms. The van der Waals surface area contributed by atoms with E-state index in [0.29, 0.717) is 6.61 Å². The van der Waals surface area contributed by atoms with Crippen LogP contribution in [0.15, 0.2) is 24.3 Å². The summed E-state index contributed by atoms with van der Waals surface area (Å²) >= 11 is 0. The van der Waals surface area contributed by atoms with E-state index in [-0.39, 0.29) is 17.6 Å². The van der Waals surface area contributed by atoms with Gasteiger partial charge in [-0.15, -0.1) is 0 Å². The average molecular weight is 288 g/mol. The van der Waals surface area contributed by atoms with E-state index >= 15 is 0 Å². The van der Waals surface area contributed by atoms with Crippen molar-refractivity contribution in [3.63, 3.8) is 0 Å². The topological polar surface area (TPSA) is 41.6 Å². The summed E-state index contributed by atoms with van der Waals surface area (Å²) in [5.41, 5.74) is 2.16. The highest BCUT2D eigenvalue weighted by molar-refractivity contribution is 5.92. The van der Waals surface area contributed by atoms with Gasteiger partial charge >= 0.3 is 0 Å². The standard InChI is InChI=1S/C17H24N2O2/c1-3-21-12-4-11-19-15(14-7-5-13(2)6-8-14)18-17(9-10-17)16(19)20/h5-8,15,18H,3-4,9-12H2,1-2H3. The third-order valence-electron chi connectivity index (χ3n) is 4.43. The zero-order chi connectivity index (χ0) is 14.9. The Bertz CT molecular complexity index is 508. The van der Waals surface area contributed by atoms with E-state index in [9.17, 15) is 4.79 Å². The van der Waals surface area contributed by atoms with Crippen molar-refractivity contribution in [2.24, 2.45) is 0 Å². The summed E-state index contributed by atoms with van der Waals surface area (Å²) in [4.78, 5) is 14.6. The first-order valence-corrected chi connectivity index (χ1v) is 7.89. The highest BCUT2D eigenvalue weighted by Gasteiger charge is 2.59. The predicted molar refractivity (Wildman–Crippen MR) is 81.8 cm³/mol. The molecular formula is C17H24N2O2. The zero-order valence-electron chi connectivity index (χ0n) is 12.9. The van der Waals surface area contributed by atoms with Gasteiger partial charge in [-0.25, -0.2) is 0 Å². The molecular weight excluding hydrogens is 264 g/mol. The average Bonchev–Trinajstić information content (AvgIpc) is 3.21. The summed E-state index contributed by atoms with van der Waals surface area (Å²) < 4.78 is 5.39. The quantitative estimate of drug-likeness (QED) is 0.817. The molecule has 3 rings (SSSR count). The Balaban J connectivity index is 1.73. The number of amides is 1. The van der Waals surface area contributed by atoms with E-state index < -0.39 is 0 Å². The Labute approximate surface area is 126 Å². The van der Waals surface area contributed by atoms with Crippen molar-refractivity contribution in [3.05, 3.63) is 35.4 Å². The van der Waals surface area contributed by atoms with E-state index in [2.05, 4.69) is 36.5 Å². The second kappa shape index (κ2) is 5.78. The number of ether oxygens (including phenoxy) is 1. The zero-order valence-corrected chi connectivity index (χ0v) is 12.9. The van der Waals surface area contributed by atoms with Gasteiger partial charge in [-0.2, -0.15) is 0 Å². The minimum Gasteiger partial charge on any atom is -0.382 e. The molecule has 2 fully saturated rings. The van der Waals surface area contributed by atoms with Crippen LogP contribution < -0.4 is 5.32 Å². The summed E-state index contributed by atoms with van der Waals surface area (Å²) in [6, 6.07) is 8.46. The van der Waals surface area contributed by atoms with Gasteiger partial charge in [-0.05, 0) is 38.7 Å². The van der Waals surface area contributed by atoms with E-state index in [4.69, 9.17) is 4.74 Å². The van der Waals surface area contributed by atoms with Gasteiger partial charge in [0.15, 0.2) is 0 Å². The molecule has 1 heterocycles. The number of hydrogen-bond donors (Lipinski definition) is 1. The smallest absolute Gasteiger partial charge is 0.244 e. The van der Waals surface area contributed by atoms with Crippen LogP contribution in [0.3, 0.4) is 0 Å². The predicted octanol–water partition coefficient (Wildman–Crippen LogP) is 2.38. The van der Waals surface area contributed by atoms with Crippen molar-refractivity contribution >= 4 is 5.91 Å². The van der Waals surface area contributed by atoms with Gasteiger partial charge in [0.1, 0.15) is 11.7 Å². The van der Waals surface area contributed by atoms with Crippen LogP contribution in [-0.2, 0) is 9.53 Å². The molecule has 0 radical (unpaired) electrons. The van der Waals surface area contributed by atoms with Gasteiger partial charge in [-0.1, -0.05) is 29.8 Å². The van der Waals surface area contributed by atoms with Crippen LogP contribution in [0.4, 0.5) is 0 Å². The van der Waals surface area contributed by atoms with Gasteiger partial charge in [0.2, 0.25) is 5.91 Å². The molecule has 1 amide bonds. The lowest BCUT2D eigenvalue weighted by Crippen LogP contribution is -2.33. The van der Waals surface area contributed by atoms with Crippen molar-refractivity contribution in [1.29, 1.82) is 0 Å². The molecule has 0 bridgehead atoms. The maximum absolute atomic E-state index is 12.6. The Morgan fingerprint density at radius 3 is 2.67 bits per heavy atom. The molecule has 0 aromatic heterocycles. The number of nitrogens with zero attached hydrogens (tertiary/aromatic N) is 1. The SMILES string of the molecule is CCOCCCN1C(=O)C2(CC2)NC1c1ccc(C)cc1. The third-order valence-corrected chi connectivity index (χ3v) is 4.43. The lowest BCUT2D eigenvalue weighted by Gasteiger charge is -2.24. The maximum atomic E-state index is 12.6. The fourth-order valence-corrected chi connectivity index (χ4v) is 3.00. The summed E-state index contributed by atoms with van der Waals surface area (Å²) in [7, 11) is 0. The lowest BCUT2D eigenvalue weighted by atomic mass is 10.1. The van der Waals surface area contributed by atoms with E-state index in [1.54, 1.807) is 0 Å². The number of aryl methyl sites for hydroxylation is 1. The molecule has 1 atom stereocenters. The Kier molecular flexibility index (Phi) is 4.00. The number of nitrogens with one attached hydrogen (secondary N) is 1. The van der Waals surface area contributed by atoms with Crippen LogP contribution in [0.5, 0.6) is 0 Å². The highest BCUT2D eigenvalue weighted by Crippen LogP contribution is 2.45. The van der Waals surface area contributed by atoms with E-state index in [0.717, 1.165) is 32.4 Å². The molecule has 1 saturated heterocycles. The number of carbonyl (C=O) groups excluding carboxylic acids is 1. The van der Waals surface area contributed by atoms with Crippen molar-refractivity contribution in [1.82, 2.24) is 10.2 Å². The molecule has 21 heavy (non-hydrogen) atoms. The third kappa shape index (κ3) is 2.83. The summed E-state index contributed by atoms with van der Waals surface area (Å²) in [5.74, 6) is 0.268. The molecule has 1 aromatic carbocycles. The molecule has 114 valence electrons. The highest BCUT2D eigenvalue weighted by atomic mass is 16.5. The first-order chi connectivity index (χ1) is 10.2. The molecule has 1 aliphatic carbocycles. The number of rotatable bonds is 6. The van der Waals surface area contributed by atoms with Crippen LogP contribution >= 0.6 is 0 Å². The van der Waals surface area contributed by atoms with Crippen molar-refractivity contribution in [2.45, 2.75) is 44.8 Å². The van der Waals surface area contributed by atoms with Crippen molar-refractivity contribution in [2.75, 3.05) is 19.8 Å². The first-order valence-electron chi connectivity index (χ1n) is 7.89. The minimum atomic E-state index is -0.263. The fourth-order valence-electron chi connectivity index (χ4n) is 3.00. The van der Waals surface area contributed by atoms with Crippen LogP contribution in [0.2, 0.25) is 0 Å². The monoisotopic (exact) mass is 288 g/mol. The van der Waals surface area contributed by atoms with Crippen LogP contribution in [0.25, 0.3) is 0 Å². The fraction of sp³-hybridized carbons (Fsp3) is 0.588. The molecule has 1 aromatic rings. The van der Waals surface area contributed by atoms with Gasteiger partial charge in [-0.3, -0.25) is 10.1 Å². The second-order valence-electron chi connectivity index (χ2n) is 6.09. The van der Waals surface area contributed by atoms with E-state index in [1.807, 2.05) is 11.8 Å². The maximum Gasteiger partial charge on any atom is 0.244 e. The molecule has 2 aliphatic rings. The van der Waals surface area contributed by atoms with Crippen LogP contribution in [-0.4, -0.2) is 36.1 Å². The Hall–Kier alpha value is -1.39.